The van der Waals surface area contributed by atoms with Crippen molar-refractivity contribution in [3.63, 3.8) is 0 Å². The van der Waals surface area contributed by atoms with E-state index in [9.17, 15) is 19.3 Å². The first-order chi connectivity index (χ1) is 11.4. The Balaban J connectivity index is 1.93. The lowest BCUT2D eigenvalue weighted by molar-refractivity contribution is -0.392. The summed E-state index contributed by atoms with van der Waals surface area (Å²) in [6.07, 6.45) is 0. The maximum absolute atomic E-state index is 12.8. The summed E-state index contributed by atoms with van der Waals surface area (Å²) in [7, 11) is 0. The number of hydrazone groups is 1. The lowest BCUT2D eigenvalue weighted by atomic mass is 10.1. The summed E-state index contributed by atoms with van der Waals surface area (Å²) >= 11 is 0.939. The van der Waals surface area contributed by atoms with Gasteiger partial charge in [-0.3, -0.25) is 4.79 Å². The number of aromatic amines is 1. The molecule has 8 nitrogen and oxygen atoms in total. The van der Waals surface area contributed by atoms with Crippen LogP contribution in [0, 0.1) is 22.9 Å². The summed E-state index contributed by atoms with van der Waals surface area (Å²) in [5.41, 5.74) is 3.53. The Morgan fingerprint density at radius 2 is 2.12 bits per heavy atom. The minimum absolute atomic E-state index is 0.0780. The first-order valence-electron chi connectivity index (χ1n) is 6.79. The Morgan fingerprint density at radius 1 is 1.46 bits per heavy atom. The Kier molecular flexibility index (Phi) is 5.64. The number of rotatable bonds is 6. The van der Waals surface area contributed by atoms with Gasteiger partial charge in [0.1, 0.15) is 5.82 Å². The van der Waals surface area contributed by atoms with Gasteiger partial charge in [0.25, 0.3) is 0 Å². The maximum atomic E-state index is 12.8. The van der Waals surface area contributed by atoms with Gasteiger partial charge in [0.2, 0.25) is 5.91 Å². The zero-order chi connectivity index (χ0) is 17.7. The van der Waals surface area contributed by atoms with E-state index < -0.39 is 10.8 Å². The summed E-state index contributed by atoms with van der Waals surface area (Å²) in [6, 6.07) is 5.69. The molecule has 1 heterocycles. The van der Waals surface area contributed by atoms with Crippen LogP contribution in [0.3, 0.4) is 0 Å². The molecule has 2 rings (SSSR count). The molecule has 2 N–H and O–H groups in total. The van der Waals surface area contributed by atoms with Crippen molar-refractivity contribution in [1.29, 1.82) is 0 Å². The topological polar surface area (TPSA) is 113 Å². The van der Waals surface area contributed by atoms with E-state index in [1.807, 2.05) is 0 Å². The van der Waals surface area contributed by atoms with Crippen LogP contribution in [0.2, 0.25) is 0 Å². The number of carbonyl (C=O) groups excluding carboxylic acids is 1. The van der Waals surface area contributed by atoms with Crippen LogP contribution in [0.5, 0.6) is 0 Å². The number of nitrogens with one attached hydrogen (secondary N) is 2. The SMILES string of the molecule is C/C(=N\NC(=O)CSc1nc(C)[nH]c1[N+](=O)[O-])c1ccc(F)cc1. The predicted molar refractivity (Wildman–Crippen MR) is 87.5 cm³/mol. The number of hydrogen-bond acceptors (Lipinski definition) is 6. The third-order valence-corrected chi connectivity index (χ3v) is 3.87. The fourth-order valence-electron chi connectivity index (χ4n) is 1.75. The molecule has 0 saturated carbocycles. The Hall–Kier alpha value is -2.75. The van der Waals surface area contributed by atoms with Gasteiger partial charge in [-0.05, 0) is 29.5 Å². The molecule has 0 bridgehead atoms. The highest BCUT2D eigenvalue weighted by atomic mass is 32.2. The smallest absolute Gasteiger partial charge is 0.354 e. The molecule has 0 spiro atoms. The first kappa shape index (κ1) is 17.6. The van der Waals surface area contributed by atoms with Gasteiger partial charge in [0.05, 0.1) is 11.5 Å². The highest BCUT2D eigenvalue weighted by molar-refractivity contribution is 8.00. The number of nitro groups is 1. The van der Waals surface area contributed by atoms with Gasteiger partial charge < -0.3 is 10.1 Å². The van der Waals surface area contributed by atoms with Crippen molar-refractivity contribution in [2.45, 2.75) is 18.9 Å². The highest BCUT2D eigenvalue weighted by Gasteiger charge is 2.19. The molecule has 0 fully saturated rings. The quantitative estimate of drug-likeness (QED) is 0.359. The van der Waals surface area contributed by atoms with Gasteiger partial charge in [-0.1, -0.05) is 23.9 Å². The summed E-state index contributed by atoms with van der Waals surface area (Å²) in [4.78, 5) is 28.5. The van der Waals surface area contributed by atoms with Crippen molar-refractivity contribution < 1.29 is 14.1 Å². The second kappa shape index (κ2) is 7.68. The molecular formula is C14H14FN5O3S. The number of benzene rings is 1. The number of carbonyl (C=O) groups is 1. The first-order valence-corrected chi connectivity index (χ1v) is 7.78. The Morgan fingerprint density at radius 3 is 2.75 bits per heavy atom. The average molecular weight is 351 g/mol. The second-order valence-corrected chi connectivity index (χ2v) is 5.72. The number of nitrogens with zero attached hydrogens (tertiary/aromatic N) is 3. The van der Waals surface area contributed by atoms with E-state index in [-0.39, 0.29) is 22.4 Å². The molecule has 0 aliphatic rings. The van der Waals surface area contributed by atoms with Gasteiger partial charge in [-0.25, -0.2) is 14.8 Å². The number of hydrogen-bond donors (Lipinski definition) is 2. The molecular weight excluding hydrogens is 337 g/mol. The third kappa shape index (κ3) is 4.62. The van der Waals surface area contributed by atoms with Crippen molar-refractivity contribution in [1.82, 2.24) is 15.4 Å². The van der Waals surface area contributed by atoms with E-state index in [0.29, 0.717) is 17.1 Å². The number of H-pyrrole nitrogens is 1. The maximum Gasteiger partial charge on any atom is 0.354 e. The van der Waals surface area contributed by atoms with Crippen molar-refractivity contribution in [2.24, 2.45) is 5.10 Å². The summed E-state index contributed by atoms with van der Waals surface area (Å²) < 4.78 is 12.8. The molecule has 0 aliphatic carbocycles. The van der Waals surface area contributed by atoms with Crippen LogP contribution in [0.4, 0.5) is 10.2 Å². The zero-order valence-electron chi connectivity index (χ0n) is 12.9. The normalized spacial score (nSPS) is 11.4. The van der Waals surface area contributed by atoms with Crippen LogP contribution >= 0.6 is 11.8 Å². The number of aryl methyl sites for hydroxylation is 1. The van der Waals surface area contributed by atoms with Crippen LogP contribution < -0.4 is 5.43 Å². The molecule has 2 aromatic rings. The molecule has 10 heteroatoms. The van der Waals surface area contributed by atoms with E-state index in [4.69, 9.17) is 0 Å². The van der Waals surface area contributed by atoms with Crippen LogP contribution in [0.25, 0.3) is 0 Å². The monoisotopic (exact) mass is 351 g/mol. The molecule has 0 radical (unpaired) electrons. The molecule has 0 atom stereocenters. The molecule has 0 unspecified atom stereocenters. The fourth-order valence-corrected chi connectivity index (χ4v) is 2.55. The number of halogens is 1. The molecule has 1 aromatic heterocycles. The highest BCUT2D eigenvalue weighted by Crippen LogP contribution is 2.26. The van der Waals surface area contributed by atoms with E-state index >= 15 is 0 Å². The predicted octanol–water partition coefficient (Wildman–Crippen LogP) is 2.40. The number of thioether (sulfide) groups is 1. The number of imidazole rings is 1. The van der Waals surface area contributed by atoms with Crippen LogP contribution in [-0.4, -0.2) is 32.3 Å². The lowest BCUT2D eigenvalue weighted by Crippen LogP contribution is -2.21. The molecule has 1 amide bonds. The van der Waals surface area contributed by atoms with Crippen LogP contribution in [-0.2, 0) is 4.79 Å². The molecule has 24 heavy (non-hydrogen) atoms. The third-order valence-electron chi connectivity index (χ3n) is 2.90. The zero-order valence-corrected chi connectivity index (χ0v) is 13.7. The summed E-state index contributed by atoms with van der Waals surface area (Å²) in [6.45, 7) is 3.26. The van der Waals surface area contributed by atoms with E-state index in [0.717, 1.165) is 11.8 Å². The van der Waals surface area contributed by atoms with E-state index in [1.165, 1.54) is 12.1 Å². The average Bonchev–Trinajstić information content (AvgIpc) is 2.92. The van der Waals surface area contributed by atoms with Gasteiger partial charge >= 0.3 is 5.82 Å². The van der Waals surface area contributed by atoms with Gasteiger partial charge in [0.15, 0.2) is 10.9 Å². The standard InChI is InChI=1S/C14H14FN5O3S/c1-8(10-3-5-11(15)6-4-10)18-19-12(21)7-24-14-13(20(22)23)16-9(2)17-14/h3-6H,7H2,1-2H3,(H,16,17)(H,19,21)/b18-8+. The van der Waals surface area contributed by atoms with E-state index in [2.05, 4.69) is 20.5 Å². The van der Waals surface area contributed by atoms with Crippen molar-refractivity contribution >= 4 is 29.2 Å². The lowest BCUT2D eigenvalue weighted by Gasteiger charge is -2.02. The fraction of sp³-hybridized carbons (Fsp3) is 0.214. The van der Waals surface area contributed by atoms with E-state index in [1.54, 1.807) is 26.0 Å². The number of aromatic nitrogens is 2. The minimum atomic E-state index is -0.586. The largest absolute Gasteiger partial charge is 0.358 e. The van der Waals surface area contributed by atoms with Crippen LogP contribution in [0.15, 0.2) is 34.4 Å². The summed E-state index contributed by atoms with van der Waals surface area (Å²) in [5, 5.41) is 14.9. The molecule has 126 valence electrons. The Labute approximate surface area is 140 Å². The number of amides is 1. The van der Waals surface area contributed by atoms with Gasteiger partial charge in [0, 0.05) is 6.92 Å². The van der Waals surface area contributed by atoms with Crippen molar-refractivity contribution in [2.75, 3.05) is 5.75 Å². The van der Waals surface area contributed by atoms with Gasteiger partial charge in [-0.15, -0.1) is 0 Å². The molecule has 0 saturated heterocycles. The van der Waals surface area contributed by atoms with Crippen LogP contribution in [0.1, 0.15) is 18.3 Å². The summed E-state index contributed by atoms with van der Waals surface area (Å²) in [5.74, 6) is -0.712. The molecule has 1 aromatic carbocycles. The molecule has 0 aliphatic heterocycles. The van der Waals surface area contributed by atoms with Crippen molar-refractivity contribution in [3.05, 3.63) is 51.6 Å². The Bertz CT molecular complexity index is 788. The van der Waals surface area contributed by atoms with Crippen molar-refractivity contribution in [3.8, 4) is 0 Å². The second-order valence-electron chi connectivity index (χ2n) is 4.76. The van der Waals surface area contributed by atoms with Gasteiger partial charge in [-0.2, -0.15) is 10.1 Å². The minimum Gasteiger partial charge on any atom is -0.358 e.